The smallest absolute Gasteiger partial charge is 0.204 e. The fourth-order valence-electron chi connectivity index (χ4n) is 6.29. The van der Waals surface area contributed by atoms with Crippen molar-refractivity contribution in [2.75, 3.05) is 0 Å². The van der Waals surface area contributed by atoms with Crippen molar-refractivity contribution in [1.29, 1.82) is 0 Å². The number of allylic oxidation sites excluding steroid dienone is 2. The lowest BCUT2D eigenvalue weighted by molar-refractivity contribution is -0.140. The maximum absolute atomic E-state index is 12.3. The van der Waals surface area contributed by atoms with E-state index in [1.807, 2.05) is 0 Å². The molecule has 0 bridgehead atoms. The van der Waals surface area contributed by atoms with Gasteiger partial charge in [0.25, 0.3) is 0 Å². The summed E-state index contributed by atoms with van der Waals surface area (Å²) in [4.78, 5) is 24.4. The number of hydrogen-bond acceptors (Lipinski definition) is 2. The van der Waals surface area contributed by atoms with Gasteiger partial charge in [-0.2, -0.15) is 0 Å². The molecule has 0 radical (unpaired) electrons. The predicted molar refractivity (Wildman–Crippen MR) is 81.7 cm³/mol. The lowest BCUT2D eigenvalue weighted by atomic mass is 9.48. The van der Waals surface area contributed by atoms with Crippen LogP contribution in [0.3, 0.4) is 0 Å². The quantitative estimate of drug-likeness (QED) is 0.496. The first-order valence-electron chi connectivity index (χ1n) is 8.74. The first-order chi connectivity index (χ1) is 9.97. The van der Waals surface area contributed by atoms with Gasteiger partial charge >= 0.3 is 0 Å². The van der Waals surface area contributed by atoms with Gasteiger partial charge in [-0.05, 0) is 61.7 Å². The average Bonchev–Trinajstić information content (AvgIpc) is 2.70. The number of Topliss-reactive ketones (excluding diaryl/α,β-unsaturated/α-hetero) is 2. The summed E-state index contributed by atoms with van der Waals surface area (Å²) in [5.74, 6) is 1.43. The molecule has 4 aliphatic rings. The zero-order valence-corrected chi connectivity index (χ0v) is 13.3. The van der Waals surface area contributed by atoms with Crippen molar-refractivity contribution in [1.82, 2.24) is 0 Å². The summed E-state index contributed by atoms with van der Waals surface area (Å²) in [6, 6.07) is 0. The molecule has 4 aliphatic carbocycles. The summed E-state index contributed by atoms with van der Waals surface area (Å²) in [7, 11) is 0. The van der Waals surface area contributed by atoms with E-state index >= 15 is 0 Å². The van der Waals surface area contributed by atoms with Crippen molar-refractivity contribution < 1.29 is 9.59 Å². The summed E-state index contributed by atoms with van der Waals surface area (Å²) >= 11 is 0. The maximum atomic E-state index is 12.3. The van der Waals surface area contributed by atoms with E-state index in [1.165, 1.54) is 25.7 Å². The monoisotopic (exact) mass is 286 g/mol. The molecule has 0 aromatic rings. The molecular weight excluding hydrogens is 260 g/mol. The molecule has 0 aromatic heterocycles. The van der Waals surface area contributed by atoms with E-state index in [0.717, 1.165) is 19.3 Å². The van der Waals surface area contributed by atoms with Gasteiger partial charge in [0.05, 0.1) is 0 Å². The van der Waals surface area contributed by atoms with Crippen LogP contribution in [0.2, 0.25) is 0 Å². The highest BCUT2D eigenvalue weighted by molar-refractivity contribution is 6.41. The predicted octanol–water partition coefficient (Wildman–Crippen LogP) is 4.09. The van der Waals surface area contributed by atoms with Crippen molar-refractivity contribution >= 4 is 11.6 Å². The Hall–Kier alpha value is -0.920. The molecule has 5 atom stereocenters. The van der Waals surface area contributed by atoms with Crippen LogP contribution in [0, 0.1) is 28.6 Å². The molecule has 0 amide bonds. The van der Waals surface area contributed by atoms with Crippen molar-refractivity contribution in [2.45, 2.75) is 65.2 Å². The molecular formula is C19H26O2. The number of carbonyl (C=O) groups excluding carboxylic acids is 2. The van der Waals surface area contributed by atoms with Crippen LogP contribution in [0.4, 0.5) is 0 Å². The fourth-order valence-corrected chi connectivity index (χ4v) is 6.29. The molecule has 0 N–H and O–H groups in total. The second-order valence-electron chi connectivity index (χ2n) is 8.38. The minimum absolute atomic E-state index is 0.0606. The largest absolute Gasteiger partial charge is 0.291 e. The molecule has 0 unspecified atom stereocenters. The van der Waals surface area contributed by atoms with Crippen molar-refractivity contribution in [3.63, 3.8) is 0 Å². The first kappa shape index (κ1) is 13.7. The number of rotatable bonds is 0. The van der Waals surface area contributed by atoms with E-state index in [0.29, 0.717) is 29.6 Å². The molecule has 0 aromatic carbocycles. The average molecular weight is 286 g/mol. The molecule has 21 heavy (non-hydrogen) atoms. The zero-order chi connectivity index (χ0) is 14.8. The van der Waals surface area contributed by atoms with Crippen LogP contribution >= 0.6 is 0 Å². The van der Waals surface area contributed by atoms with Gasteiger partial charge in [0.2, 0.25) is 5.78 Å². The van der Waals surface area contributed by atoms with Gasteiger partial charge in [-0.15, -0.1) is 0 Å². The molecule has 0 saturated heterocycles. The van der Waals surface area contributed by atoms with Gasteiger partial charge in [-0.3, -0.25) is 9.59 Å². The lowest BCUT2D eigenvalue weighted by Crippen LogP contribution is -2.49. The molecule has 2 heteroatoms. The molecule has 0 aliphatic heterocycles. The Kier molecular flexibility index (Phi) is 2.81. The molecule has 2 nitrogen and oxygen atoms in total. The Balaban J connectivity index is 1.73. The molecule has 3 saturated carbocycles. The van der Waals surface area contributed by atoms with Gasteiger partial charge in [0.15, 0.2) is 5.78 Å². The highest BCUT2D eigenvalue weighted by Gasteiger charge is 2.60. The second kappa shape index (κ2) is 4.30. The van der Waals surface area contributed by atoms with Gasteiger partial charge in [0, 0.05) is 11.8 Å². The Labute approximate surface area is 127 Å². The van der Waals surface area contributed by atoms with E-state index in [1.54, 1.807) is 5.57 Å². The Morgan fingerprint density at radius 1 is 1.05 bits per heavy atom. The first-order valence-corrected chi connectivity index (χ1v) is 8.74. The van der Waals surface area contributed by atoms with Crippen LogP contribution in [-0.2, 0) is 9.59 Å². The Morgan fingerprint density at radius 3 is 2.67 bits per heavy atom. The van der Waals surface area contributed by atoms with E-state index in [9.17, 15) is 9.59 Å². The van der Waals surface area contributed by atoms with Crippen LogP contribution < -0.4 is 0 Å². The number of ketones is 2. The lowest BCUT2D eigenvalue weighted by Gasteiger charge is -2.56. The fraction of sp³-hybridized carbons (Fsp3) is 0.789. The van der Waals surface area contributed by atoms with Crippen LogP contribution in [0.1, 0.15) is 65.2 Å². The molecule has 0 heterocycles. The Morgan fingerprint density at radius 2 is 1.86 bits per heavy atom. The van der Waals surface area contributed by atoms with Crippen LogP contribution in [0.5, 0.6) is 0 Å². The standard InChI is InChI=1S/C19H26O2/c1-18-9-4-3-5-12(18)6-7-13-14(18)8-10-19(2)15(13)11-16(20)17(19)21/h6,13-15H,3-5,7-11H2,1-2H3/t13-,14+,15+,18+,19+/m1/s1. The van der Waals surface area contributed by atoms with E-state index in [2.05, 4.69) is 19.9 Å². The Bertz CT molecular complexity index is 546. The summed E-state index contributed by atoms with van der Waals surface area (Å²) in [6.45, 7) is 4.54. The van der Waals surface area contributed by atoms with Gasteiger partial charge in [-0.1, -0.05) is 31.9 Å². The number of carbonyl (C=O) groups is 2. The molecule has 4 rings (SSSR count). The SMILES string of the molecule is C[C@]12CCCCC1=CC[C@@H]1[C@@H]2CC[C@]2(C)C(=O)C(=O)C[C@@H]12. The molecule has 3 fully saturated rings. The third kappa shape index (κ3) is 1.65. The third-order valence-corrected chi connectivity index (χ3v) is 7.58. The van der Waals surface area contributed by atoms with Crippen molar-refractivity contribution in [2.24, 2.45) is 28.6 Å². The highest BCUT2D eigenvalue weighted by Crippen LogP contribution is 2.63. The van der Waals surface area contributed by atoms with E-state index in [4.69, 9.17) is 0 Å². The number of hydrogen-bond donors (Lipinski definition) is 0. The topological polar surface area (TPSA) is 34.1 Å². The normalized spacial score (nSPS) is 49.2. The maximum Gasteiger partial charge on any atom is 0.204 e. The second-order valence-corrected chi connectivity index (χ2v) is 8.38. The van der Waals surface area contributed by atoms with E-state index < -0.39 is 0 Å². The van der Waals surface area contributed by atoms with Gasteiger partial charge in [-0.25, -0.2) is 0 Å². The third-order valence-electron chi connectivity index (χ3n) is 7.58. The summed E-state index contributed by atoms with van der Waals surface area (Å²) in [5.41, 5.74) is 1.71. The molecule has 114 valence electrons. The number of fused-ring (bicyclic) bond motifs is 5. The van der Waals surface area contributed by atoms with Gasteiger partial charge in [0.1, 0.15) is 0 Å². The van der Waals surface area contributed by atoms with E-state index in [-0.39, 0.29) is 17.0 Å². The minimum Gasteiger partial charge on any atom is -0.291 e. The molecule has 0 spiro atoms. The van der Waals surface area contributed by atoms with Crippen molar-refractivity contribution in [3.05, 3.63) is 11.6 Å². The van der Waals surface area contributed by atoms with Crippen LogP contribution in [-0.4, -0.2) is 11.6 Å². The summed E-state index contributed by atoms with van der Waals surface area (Å²) < 4.78 is 0. The van der Waals surface area contributed by atoms with Gasteiger partial charge < -0.3 is 0 Å². The summed E-state index contributed by atoms with van der Waals surface area (Å²) in [6.07, 6.45) is 11.5. The minimum atomic E-state index is -0.339. The van der Waals surface area contributed by atoms with Crippen molar-refractivity contribution in [3.8, 4) is 0 Å². The zero-order valence-electron chi connectivity index (χ0n) is 13.3. The van der Waals surface area contributed by atoms with Crippen LogP contribution in [0.25, 0.3) is 0 Å². The van der Waals surface area contributed by atoms with Crippen LogP contribution in [0.15, 0.2) is 11.6 Å². The highest BCUT2D eigenvalue weighted by atomic mass is 16.2. The summed E-state index contributed by atoms with van der Waals surface area (Å²) in [5, 5.41) is 0.